The minimum atomic E-state index is -0.722. The minimum absolute atomic E-state index is 0. The minimum Gasteiger partial charge on any atom is 0 e. The van der Waals surface area contributed by atoms with E-state index < -0.39 is 6.03 Å². The van der Waals surface area contributed by atoms with Crippen molar-refractivity contribution in [2.45, 2.75) is 0 Å². The number of carbonyl (C=O) groups is 3. The van der Waals surface area contributed by atoms with Gasteiger partial charge in [-0.1, -0.05) is 11.1 Å². The fourth-order valence-electron chi connectivity index (χ4n) is 2.85. The van der Waals surface area contributed by atoms with Gasteiger partial charge in [-0.2, -0.15) is 0 Å². The van der Waals surface area contributed by atoms with Gasteiger partial charge in [0.15, 0.2) is 0 Å². The molecule has 2 radical (unpaired) electrons. The number of hydrogen-bond acceptors (Lipinski definition) is 4. The maximum Gasteiger partial charge on any atom is 0 e. The summed E-state index contributed by atoms with van der Waals surface area (Å²) in [4.78, 5) is 34.7. The summed E-state index contributed by atoms with van der Waals surface area (Å²) in [6, 6.07) is 34.4. The number of nitrogens with two attached hydrogens (primary N) is 2. The Morgan fingerprint density at radius 2 is 1.10 bits per heavy atom. The number of halogens is 5. The van der Waals surface area contributed by atoms with Crippen LogP contribution < -0.4 is 16.8 Å². The van der Waals surface area contributed by atoms with Crippen molar-refractivity contribution in [1.82, 2.24) is 0 Å². The Morgan fingerprint density at radius 3 is 1.50 bits per heavy atom. The summed E-state index contributed by atoms with van der Waals surface area (Å²) in [5.41, 5.74) is 13.1. The molecule has 0 spiro atoms. The van der Waals surface area contributed by atoms with Crippen molar-refractivity contribution in [2.24, 2.45) is 5.73 Å². The molecular formula is C27H19I5N3O3V2Y2-4. The largest absolute Gasteiger partial charge is 0 e. The zero-order valence-corrected chi connectivity index (χ0v) is 40.7. The first kappa shape index (κ1) is 46.4. The molecule has 0 heterocycles. The first-order valence-electron chi connectivity index (χ1n) is 10.7. The predicted molar refractivity (Wildman–Crippen MR) is 196 cm³/mol. The van der Waals surface area contributed by atoms with Crippen molar-refractivity contribution in [3.63, 3.8) is 0 Å². The van der Waals surface area contributed by atoms with Gasteiger partial charge in [-0.3, -0.25) is 0 Å². The van der Waals surface area contributed by atoms with Crippen molar-refractivity contribution >= 4 is 129 Å². The van der Waals surface area contributed by atoms with Crippen LogP contribution in [0.15, 0.2) is 84.9 Å². The monoisotopic (exact) mass is 1350 g/mol. The first-order chi connectivity index (χ1) is 19.1. The van der Waals surface area contributed by atoms with Crippen LogP contribution >= 0.6 is 99.9 Å². The second-order valence-corrected chi connectivity index (χ2v) is 54.1. The van der Waals surface area contributed by atoms with E-state index in [-0.39, 0.29) is 87.5 Å². The maximum atomic E-state index is 12.2. The second-order valence-electron chi connectivity index (χ2n) is 6.91. The molecule has 0 atom stereocenters. The molecule has 0 aromatic heterocycles. The predicted octanol–water partition coefficient (Wildman–Crippen LogP) is 8.53. The first-order valence-corrected chi connectivity index (χ1v) is 33.2. The summed E-state index contributed by atoms with van der Waals surface area (Å²) in [6.45, 7) is 0. The van der Waals surface area contributed by atoms with Crippen LogP contribution in [-0.2, 0) is 79.8 Å². The summed E-state index contributed by atoms with van der Waals surface area (Å²) in [7, 11) is 0.628. The maximum absolute atomic E-state index is 12.2. The number of hydrogen-bond donors (Lipinski definition) is 3. The molecule has 0 unspecified atom stereocenters. The molecule has 0 fully saturated rings. The van der Waals surface area contributed by atoms with Gasteiger partial charge in [0.05, 0.1) is 11.6 Å². The van der Waals surface area contributed by atoms with Crippen LogP contribution in [0.2, 0.25) is 0 Å². The Morgan fingerprint density at radius 1 is 0.690 bits per heavy atom. The van der Waals surface area contributed by atoms with Crippen LogP contribution in [0.5, 0.6) is 0 Å². The number of benzene rings is 4. The zero-order valence-electron chi connectivity index (χ0n) is 21.4. The molecule has 0 aliphatic carbocycles. The average molecular weight is 1350 g/mol. The van der Waals surface area contributed by atoms with E-state index in [1.54, 1.807) is 78.9 Å². The van der Waals surface area contributed by atoms with E-state index in [1.165, 1.54) is 0 Å². The topological polar surface area (TPSA) is 115 Å². The van der Waals surface area contributed by atoms with Gasteiger partial charge in [-0.25, -0.2) is 4.79 Å². The Kier molecular flexibility index (Phi) is 31.3. The normalized spacial score (nSPS) is 8.90. The number of amides is 2. The molecular weight excluding hydrogens is 1330 g/mol. The molecule has 4 rings (SSSR count). The van der Waals surface area contributed by atoms with Crippen LogP contribution in [-0.4, -0.2) is 17.6 Å². The van der Waals surface area contributed by atoms with Crippen molar-refractivity contribution < 1.29 is 94.2 Å². The van der Waals surface area contributed by atoms with Crippen LogP contribution in [0, 0.1) is 24.3 Å². The van der Waals surface area contributed by atoms with E-state index in [0.29, 0.717) is 37.5 Å². The van der Waals surface area contributed by atoms with Gasteiger partial charge in [-0.05, 0) is 11.4 Å². The Bertz CT molecular complexity index is 1360. The van der Waals surface area contributed by atoms with Gasteiger partial charge in [-0.15, -0.1) is 120 Å². The number of nitrogens with one attached hydrogen (secondary N) is 1. The molecule has 4 aromatic rings. The van der Waals surface area contributed by atoms with Crippen LogP contribution in [0.4, 0.5) is 16.2 Å². The number of carbonyl (C=O) groups excluding carboxylic acids is 3. The molecule has 4 aromatic carbocycles. The van der Waals surface area contributed by atoms with Crippen molar-refractivity contribution in [1.29, 1.82) is 0 Å². The second kappa shape index (κ2) is 28.3. The summed E-state index contributed by atoms with van der Waals surface area (Å²) >= 11 is 12.1. The summed E-state index contributed by atoms with van der Waals surface area (Å²) in [5, 5.41) is 2.40. The van der Waals surface area contributed by atoms with Gasteiger partial charge in [0.1, 0.15) is 0 Å². The fourth-order valence-corrected chi connectivity index (χ4v) is 2.85. The molecule has 0 bridgehead atoms. The molecule has 0 saturated heterocycles. The van der Waals surface area contributed by atoms with Crippen molar-refractivity contribution in [3.8, 4) is 0 Å². The zero-order chi connectivity index (χ0) is 29.9. The molecule has 42 heavy (non-hydrogen) atoms. The van der Waals surface area contributed by atoms with Gasteiger partial charge in [0.25, 0.3) is 0 Å². The number of urea groups is 1. The quantitative estimate of drug-likeness (QED) is 0.0805. The molecule has 2 amide bonds. The third-order valence-electron chi connectivity index (χ3n) is 4.36. The summed E-state index contributed by atoms with van der Waals surface area (Å²) in [5.74, 6) is -0.409. The van der Waals surface area contributed by atoms with E-state index in [9.17, 15) is 14.4 Å². The van der Waals surface area contributed by atoms with Crippen LogP contribution in [0.25, 0.3) is 0 Å². The van der Waals surface area contributed by atoms with Gasteiger partial charge < -0.3 is 26.4 Å². The van der Waals surface area contributed by atoms with E-state index in [4.69, 9.17) is 11.5 Å². The Balaban J connectivity index is 0. The third kappa shape index (κ3) is 19.9. The number of primary amides is 1. The van der Waals surface area contributed by atoms with Crippen LogP contribution in [0.1, 0.15) is 31.8 Å². The number of nitrogen functional groups attached to an aromatic ring is 1. The SMILES string of the molecule is NC(=O)Nc1ccc[c-]c1C(=O)c1[c-]cccc1.Nc1ccc[c-]c1C(=O)c1[c-]cccc1.[I][V]([I])[I].[I][V][I].[Y].[Y]. The number of anilines is 2. The number of rotatable bonds is 5. The van der Waals surface area contributed by atoms with Gasteiger partial charge >= 0.3 is 120 Å². The fraction of sp³-hybridized carbons (Fsp3) is 0. The van der Waals surface area contributed by atoms with E-state index in [2.05, 4.69) is 129 Å². The average Bonchev–Trinajstić information content (AvgIpc) is 2.94. The molecule has 0 aliphatic heterocycles. The molecule has 6 nitrogen and oxygen atoms in total. The third-order valence-corrected chi connectivity index (χ3v) is 4.36. The van der Waals surface area contributed by atoms with E-state index in [0.717, 1.165) is 0 Å². The van der Waals surface area contributed by atoms with Crippen molar-refractivity contribution in [2.75, 3.05) is 11.1 Å². The van der Waals surface area contributed by atoms with Crippen molar-refractivity contribution in [3.05, 3.63) is 131 Å². The van der Waals surface area contributed by atoms with E-state index in [1.807, 2.05) is 6.07 Å². The molecule has 215 valence electrons. The molecule has 5 N–H and O–H groups in total. The Hall–Kier alpha value is 2.32. The standard InChI is InChI=1S/C14H10N2O2.C13H9NO.5HI.2V.2Y/c15-14(18)16-12-9-5-4-8-11(12)13(17)10-6-2-1-3-7-10;14-12-9-5-4-8-11(12)13(15)10-6-2-1-3-7-10;;;;;;;;;/h1-6,9H,(H3,15,16,18);1-6,9H,14H2;5*1H;;;;/q2*-2;;;;;;+2;+3;;/p-5. The van der Waals surface area contributed by atoms with E-state index >= 15 is 0 Å². The molecule has 0 aliphatic rings. The molecule has 0 saturated carbocycles. The number of ketones is 2. The van der Waals surface area contributed by atoms with Crippen LogP contribution in [0.3, 0.4) is 0 Å². The van der Waals surface area contributed by atoms with Gasteiger partial charge in [0.2, 0.25) is 0 Å². The molecule has 15 heteroatoms. The summed E-state index contributed by atoms with van der Waals surface area (Å²) < 4.78 is 0. The summed E-state index contributed by atoms with van der Waals surface area (Å²) in [6.07, 6.45) is 0. The van der Waals surface area contributed by atoms with Gasteiger partial charge in [0, 0.05) is 65.4 Å². The Labute approximate surface area is 363 Å². The smallest absolute Gasteiger partial charge is 0 e.